The number of rotatable bonds is 5. The number of carbonyl (C=O) groups excluding carboxylic acids is 1. The van der Waals surface area contributed by atoms with E-state index in [-0.39, 0.29) is 10.9 Å². The largest absolute Gasteiger partial charge is 0.392 e. The third-order valence-electron chi connectivity index (χ3n) is 4.08. The second-order valence-electron chi connectivity index (χ2n) is 5.11. The van der Waals surface area contributed by atoms with Gasteiger partial charge in [-0.1, -0.05) is 26.1 Å². The number of sulfonamides is 1. The lowest BCUT2D eigenvalue weighted by atomic mass is 9.80. The van der Waals surface area contributed by atoms with Crippen LogP contribution < -0.4 is 5.73 Å². The van der Waals surface area contributed by atoms with Gasteiger partial charge in [-0.15, -0.1) is 0 Å². The zero-order valence-electron chi connectivity index (χ0n) is 12.3. The molecule has 6 nitrogen and oxygen atoms in total. The smallest absolute Gasteiger partial charge is 0.235 e. The van der Waals surface area contributed by atoms with Crippen LogP contribution in [0.4, 0.5) is 0 Å². The van der Waals surface area contributed by atoms with Crippen molar-refractivity contribution < 1.29 is 13.2 Å². The molecule has 0 bridgehead atoms. The maximum atomic E-state index is 12.7. The van der Waals surface area contributed by atoms with E-state index in [0.717, 1.165) is 0 Å². The van der Waals surface area contributed by atoms with Gasteiger partial charge in [-0.25, -0.2) is 8.42 Å². The third-order valence-corrected chi connectivity index (χ3v) is 5.78. The van der Waals surface area contributed by atoms with Crippen LogP contribution in [0.1, 0.15) is 26.7 Å². The second-order valence-corrected chi connectivity index (χ2v) is 7.53. The first-order valence-corrected chi connectivity index (χ1v) is 8.99. The molecular formula is C12H23N3O3S2. The molecule has 0 aromatic heterocycles. The van der Waals surface area contributed by atoms with E-state index in [1.807, 2.05) is 13.8 Å². The van der Waals surface area contributed by atoms with Crippen molar-refractivity contribution in [3.8, 4) is 0 Å². The van der Waals surface area contributed by atoms with Gasteiger partial charge in [0, 0.05) is 26.2 Å². The lowest BCUT2D eigenvalue weighted by Gasteiger charge is -2.39. The lowest BCUT2D eigenvalue weighted by Crippen LogP contribution is -2.56. The second kappa shape index (κ2) is 6.36. The quantitative estimate of drug-likeness (QED) is 0.731. The van der Waals surface area contributed by atoms with Gasteiger partial charge in [0.25, 0.3) is 0 Å². The van der Waals surface area contributed by atoms with Gasteiger partial charge in [0.05, 0.1) is 16.7 Å². The summed E-state index contributed by atoms with van der Waals surface area (Å²) in [4.78, 5) is 14.6. The summed E-state index contributed by atoms with van der Waals surface area (Å²) in [5.41, 5.74) is 4.97. The molecule has 0 aromatic rings. The van der Waals surface area contributed by atoms with Crippen molar-refractivity contribution in [2.24, 2.45) is 11.1 Å². The topological polar surface area (TPSA) is 83.7 Å². The van der Waals surface area contributed by atoms with E-state index < -0.39 is 15.4 Å². The van der Waals surface area contributed by atoms with Gasteiger partial charge in [0.15, 0.2) is 0 Å². The normalized spacial score (nSPS) is 18.1. The Kier molecular flexibility index (Phi) is 5.51. The molecule has 1 aliphatic rings. The van der Waals surface area contributed by atoms with Crippen molar-refractivity contribution in [3.63, 3.8) is 0 Å². The molecule has 1 amide bonds. The van der Waals surface area contributed by atoms with E-state index in [9.17, 15) is 13.2 Å². The van der Waals surface area contributed by atoms with Crippen LogP contribution in [0.15, 0.2) is 0 Å². The minimum absolute atomic E-state index is 0.0804. The fraction of sp³-hybridized carbons (Fsp3) is 0.833. The number of thiocarbonyl (C=S) groups is 1. The minimum atomic E-state index is -3.19. The van der Waals surface area contributed by atoms with Gasteiger partial charge in [0.1, 0.15) is 0 Å². The molecule has 0 saturated carbocycles. The van der Waals surface area contributed by atoms with Crippen molar-refractivity contribution in [2.75, 3.05) is 32.4 Å². The molecule has 0 radical (unpaired) electrons. The predicted octanol–water partition coefficient (Wildman–Crippen LogP) is 0.183. The number of amides is 1. The zero-order chi connectivity index (χ0) is 15.6. The molecule has 1 saturated heterocycles. The highest BCUT2D eigenvalue weighted by molar-refractivity contribution is 7.88. The summed E-state index contributed by atoms with van der Waals surface area (Å²) in [6, 6.07) is 0. The van der Waals surface area contributed by atoms with Crippen LogP contribution in [-0.2, 0) is 14.8 Å². The van der Waals surface area contributed by atoms with E-state index >= 15 is 0 Å². The fourth-order valence-corrected chi connectivity index (χ4v) is 3.73. The summed E-state index contributed by atoms with van der Waals surface area (Å²) in [5.74, 6) is -0.0804. The molecule has 1 rings (SSSR count). The average Bonchev–Trinajstić information content (AvgIpc) is 2.39. The predicted molar refractivity (Wildman–Crippen MR) is 82.8 cm³/mol. The van der Waals surface area contributed by atoms with E-state index in [1.54, 1.807) is 4.90 Å². The lowest BCUT2D eigenvalue weighted by molar-refractivity contribution is -0.139. The SMILES string of the molecule is CCC(CC)(C(=O)N1CCN(S(C)(=O)=O)CC1)C(N)=S. The van der Waals surface area contributed by atoms with Gasteiger partial charge in [-0.05, 0) is 12.8 Å². The Bertz CT molecular complexity index is 478. The summed E-state index contributed by atoms with van der Waals surface area (Å²) in [6.07, 6.45) is 2.30. The molecule has 2 N–H and O–H groups in total. The van der Waals surface area contributed by atoms with Crippen LogP contribution in [0.25, 0.3) is 0 Å². The van der Waals surface area contributed by atoms with E-state index in [1.165, 1.54) is 10.6 Å². The van der Waals surface area contributed by atoms with Gasteiger partial charge in [0.2, 0.25) is 15.9 Å². The van der Waals surface area contributed by atoms with E-state index in [0.29, 0.717) is 39.0 Å². The highest BCUT2D eigenvalue weighted by Gasteiger charge is 2.42. The Balaban J connectivity index is 2.83. The van der Waals surface area contributed by atoms with Crippen molar-refractivity contribution in [2.45, 2.75) is 26.7 Å². The number of nitrogens with zero attached hydrogens (tertiary/aromatic N) is 2. The number of hydrogen-bond acceptors (Lipinski definition) is 4. The van der Waals surface area contributed by atoms with Gasteiger partial charge in [-0.2, -0.15) is 4.31 Å². The molecule has 8 heteroatoms. The standard InChI is InChI=1S/C12H23N3O3S2/c1-4-12(5-2,10(13)19)11(16)14-6-8-15(9-7-14)20(3,17)18/h4-9H2,1-3H3,(H2,13,19). The van der Waals surface area contributed by atoms with Crippen molar-refractivity contribution in [1.82, 2.24) is 9.21 Å². The van der Waals surface area contributed by atoms with Crippen molar-refractivity contribution >= 4 is 33.1 Å². The Morgan fingerprint density at radius 2 is 1.65 bits per heavy atom. The number of hydrogen-bond donors (Lipinski definition) is 1. The van der Waals surface area contributed by atoms with Crippen LogP contribution in [0.5, 0.6) is 0 Å². The third kappa shape index (κ3) is 3.29. The minimum Gasteiger partial charge on any atom is -0.392 e. The van der Waals surface area contributed by atoms with Gasteiger partial charge in [-0.3, -0.25) is 4.79 Å². The molecule has 1 aliphatic heterocycles. The molecule has 0 aliphatic carbocycles. The number of carbonyl (C=O) groups is 1. The molecular weight excluding hydrogens is 298 g/mol. The first-order valence-electron chi connectivity index (χ1n) is 6.73. The number of piperazine rings is 1. The van der Waals surface area contributed by atoms with E-state index in [4.69, 9.17) is 18.0 Å². The molecule has 116 valence electrons. The highest BCUT2D eigenvalue weighted by atomic mass is 32.2. The summed E-state index contributed by atoms with van der Waals surface area (Å²) in [5, 5.41) is 0. The molecule has 20 heavy (non-hydrogen) atoms. The molecule has 1 fully saturated rings. The average molecular weight is 321 g/mol. The molecule has 0 spiro atoms. The zero-order valence-corrected chi connectivity index (χ0v) is 13.9. The molecule has 1 heterocycles. The van der Waals surface area contributed by atoms with Gasteiger partial charge < -0.3 is 10.6 Å². The maximum absolute atomic E-state index is 12.7. The van der Waals surface area contributed by atoms with Crippen LogP contribution in [0, 0.1) is 5.41 Å². The van der Waals surface area contributed by atoms with Gasteiger partial charge >= 0.3 is 0 Å². The summed E-state index contributed by atoms with van der Waals surface area (Å²) in [6.45, 7) is 5.21. The van der Waals surface area contributed by atoms with Crippen LogP contribution in [0.2, 0.25) is 0 Å². The van der Waals surface area contributed by atoms with Crippen LogP contribution in [0.3, 0.4) is 0 Å². The van der Waals surface area contributed by atoms with Crippen LogP contribution >= 0.6 is 12.2 Å². The first kappa shape index (κ1) is 17.3. The molecule has 0 unspecified atom stereocenters. The monoisotopic (exact) mass is 321 g/mol. The summed E-state index contributed by atoms with van der Waals surface area (Å²) < 4.78 is 24.3. The molecule has 0 aromatic carbocycles. The summed E-state index contributed by atoms with van der Waals surface area (Å²) in [7, 11) is -3.19. The van der Waals surface area contributed by atoms with Crippen molar-refractivity contribution in [1.29, 1.82) is 0 Å². The Hall–Kier alpha value is -0.730. The van der Waals surface area contributed by atoms with Crippen molar-refractivity contribution in [3.05, 3.63) is 0 Å². The summed E-state index contributed by atoms with van der Waals surface area (Å²) >= 11 is 5.08. The Morgan fingerprint density at radius 3 is 1.95 bits per heavy atom. The molecule has 0 atom stereocenters. The Morgan fingerprint density at radius 1 is 1.20 bits per heavy atom. The van der Waals surface area contributed by atoms with Crippen LogP contribution in [-0.4, -0.2) is 61.0 Å². The highest BCUT2D eigenvalue weighted by Crippen LogP contribution is 2.30. The van der Waals surface area contributed by atoms with E-state index in [2.05, 4.69) is 0 Å². The Labute approximate surface area is 126 Å². The fourth-order valence-electron chi connectivity index (χ4n) is 2.53. The maximum Gasteiger partial charge on any atom is 0.235 e. The first-order chi connectivity index (χ1) is 9.19. The number of nitrogens with two attached hydrogens (primary N) is 1.